The van der Waals surface area contributed by atoms with Crippen LogP contribution < -0.4 is 0 Å². The van der Waals surface area contributed by atoms with E-state index < -0.39 is 0 Å². The van der Waals surface area contributed by atoms with Crippen LogP contribution in [0.5, 0.6) is 0 Å². The Morgan fingerprint density at radius 1 is 1.37 bits per heavy atom. The molecule has 0 amide bonds. The second-order valence-electron chi connectivity index (χ2n) is 5.27. The molecule has 2 aromatic rings. The Bertz CT molecular complexity index is 548. The Morgan fingerprint density at radius 2 is 2.26 bits per heavy atom. The molecule has 1 saturated heterocycles. The molecule has 1 atom stereocenters. The molecule has 5 nitrogen and oxygen atoms in total. The molecule has 0 aliphatic carbocycles. The summed E-state index contributed by atoms with van der Waals surface area (Å²) in [5.41, 5.74) is 2.14. The predicted octanol–water partition coefficient (Wildman–Crippen LogP) is 1.51. The van der Waals surface area contributed by atoms with Crippen LogP contribution in [0.3, 0.4) is 0 Å². The molecule has 0 unspecified atom stereocenters. The van der Waals surface area contributed by atoms with Crippen molar-refractivity contribution in [3.63, 3.8) is 0 Å². The van der Waals surface area contributed by atoms with Crippen LogP contribution in [0.1, 0.15) is 29.6 Å². The maximum Gasteiger partial charge on any atom is 0.113 e. The minimum Gasteiger partial charge on any atom is -0.337 e. The molecular weight excluding hydrogens is 238 g/mol. The van der Waals surface area contributed by atoms with Crippen LogP contribution in [0, 0.1) is 6.92 Å². The van der Waals surface area contributed by atoms with E-state index in [1.807, 2.05) is 6.20 Å². The summed E-state index contributed by atoms with van der Waals surface area (Å²) in [5, 5.41) is 0. The highest BCUT2D eigenvalue weighted by molar-refractivity contribution is 5.09. The molecule has 0 saturated carbocycles. The lowest BCUT2D eigenvalue weighted by molar-refractivity contribution is 0.320. The Kier molecular flexibility index (Phi) is 3.29. The van der Waals surface area contributed by atoms with E-state index in [-0.39, 0.29) is 0 Å². The molecule has 5 heteroatoms. The first-order chi connectivity index (χ1) is 9.22. The Morgan fingerprint density at radius 3 is 2.95 bits per heavy atom. The maximum absolute atomic E-state index is 4.64. The Hall–Kier alpha value is -1.75. The number of hydrogen-bond acceptors (Lipinski definition) is 4. The van der Waals surface area contributed by atoms with Crippen molar-refractivity contribution in [2.24, 2.45) is 7.05 Å². The zero-order valence-corrected chi connectivity index (χ0v) is 11.5. The van der Waals surface area contributed by atoms with Gasteiger partial charge in [0.2, 0.25) is 0 Å². The normalized spacial score (nSPS) is 20.0. The minimum absolute atomic E-state index is 0.537. The third kappa shape index (κ3) is 2.66. The van der Waals surface area contributed by atoms with Gasteiger partial charge in [-0.1, -0.05) is 0 Å². The van der Waals surface area contributed by atoms with E-state index >= 15 is 0 Å². The average molecular weight is 257 g/mol. The fourth-order valence-corrected chi connectivity index (χ4v) is 2.84. The summed E-state index contributed by atoms with van der Waals surface area (Å²) in [4.78, 5) is 15.5. The van der Waals surface area contributed by atoms with Crippen LogP contribution in [0.25, 0.3) is 0 Å². The summed E-state index contributed by atoms with van der Waals surface area (Å²) >= 11 is 0. The van der Waals surface area contributed by atoms with Gasteiger partial charge in [-0.15, -0.1) is 0 Å². The lowest BCUT2D eigenvalue weighted by Gasteiger charge is -2.15. The van der Waals surface area contributed by atoms with Crippen molar-refractivity contribution >= 4 is 0 Å². The van der Waals surface area contributed by atoms with E-state index in [1.165, 1.54) is 12.2 Å². The summed E-state index contributed by atoms with van der Waals surface area (Å²) in [6.07, 6.45) is 8.58. The average Bonchev–Trinajstić information content (AvgIpc) is 2.97. The molecule has 2 aromatic heterocycles. The van der Waals surface area contributed by atoms with Gasteiger partial charge in [-0.05, 0) is 19.9 Å². The van der Waals surface area contributed by atoms with E-state index in [4.69, 9.17) is 0 Å². The zero-order chi connectivity index (χ0) is 13.2. The van der Waals surface area contributed by atoms with Gasteiger partial charge in [0.15, 0.2) is 0 Å². The van der Waals surface area contributed by atoms with E-state index in [1.54, 1.807) is 12.4 Å². The molecule has 0 aromatic carbocycles. The third-order valence-corrected chi connectivity index (χ3v) is 3.67. The number of likely N-dealkylation sites (tertiary alicyclic amines) is 1. The second kappa shape index (κ2) is 5.09. The Balaban J connectivity index is 1.66. The van der Waals surface area contributed by atoms with E-state index in [2.05, 4.69) is 44.6 Å². The van der Waals surface area contributed by atoms with Crippen molar-refractivity contribution in [1.29, 1.82) is 0 Å². The molecule has 0 N–H and O–H groups in total. The van der Waals surface area contributed by atoms with E-state index in [9.17, 15) is 0 Å². The highest BCUT2D eigenvalue weighted by Crippen LogP contribution is 2.26. The SMILES string of the molecule is Cc1cn(C)c([C@H]2CCN(Cc3cnccn3)C2)n1. The number of rotatable bonds is 3. The first-order valence-corrected chi connectivity index (χ1v) is 6.69. The Labute approximate surface area is 113 Å². The molecule has 1 aliphatic heterocycles. The molecule has 19 heavy (non-hydrogen) atoms. The monoisotopic (exact) mass is 257 g/mol. The van der Waals surface area contributed by atoms with Gasteiger partial charge in [0.05, 0.1) is 11.4 Å². The van der Waals surface area contributed by atoms with Crippen LogP contribution in [0.15, 0.2) is 24.8 Å². The van der Waals surface area contributed by atoms with Crippen LogP contribution in [0.2, 0.25) is 0 Å². The van der Waals surface area contributed by atoms with E-state index in [0.717, 1.165) is 31.0 Å². The molecule has 3 heterocycles. The maximum atomic E-state index is 4.64. The summed E-state index contributed by atoms with van der Waals surface area (Å²) in [7, 11) is 2.08. The van der Waals surface area contributed by atoms with Crippen molar-refractivity contribution in [3.05, 3.63) is 42.0 Å². The number of hydrogen-bond donors (Lipinski definition) is 0. The van der Waals surface area contributed by atoms with Crippen molar-refractivity contribution < 1.29 is 0 Å². The van der Waals surface area contributed by atoms with Crippen molar-refractivity contribution in [3.8, 4) is 0 Å². The molecule has 1 fully saturated rings. The molecule has 1 aliphatic rings. The highest BCUT2D eigenvalue weighted by atomic mass is 15.2. The lowest BCUT2D eigenvalue weighted by atomic mass is 10.1. The van der Waals surface area contributed by atoms with Crippen molar-refractivity contribution in [2.45, 2.75) is 25.8 Å². The summed E-state index contributed by atoms with van der Waals surface area (Å²) in [5.74, 6) is 1.74. The van der Waals surface area contributed by atoms with E-state index in [0.29, 0.717) is 5.92 Å². The predicted molar refractivity (Wildman–Crippen MR) is 72.6 cm³/mol. The molecule has 100 valence electrons. The molecular formula is C14H19N5. The van der Waals surface area contributed by atoms with Crippen LogP contribution in [-0.4, -0.2) is 37.5 Å². The first kappa shape index (κ1) is 12.3. The topological polar surface area (TPSA) is 46.8 Å². The van der Waals surface area contributed by atoms with Gasteiger partial charge < -0.3 is 4.57 Å². The fourth-order valence-electron chi connectivity index (χ4n) is 2.84. The molecule has 0 bridgehead atoms. The largest absolute Gasteiger partial charge is 0.337 e. The van der Waals surface area contributed by atoms with Crippen molar-refractivity contribution in [2.75, 3.05) is 13.1 Å². The van der Waals surface area contributed by atoms with Crippen molar-refractivity contribution in [1.82, 2.24) is 24.4 Å². The van der Waals surface area contributed by atoms with Crippen LogP contribution >= 0.6 is 0 Å². The first-order valence-electron chi connectivity index (χ1n) is 6.69. The summed E-state index contributed by atoms with van der Waals surface area (Å²) in [6, 6.07) is 0. The second-order valence-corrected chi connectivity index (χ2v) is 5.27. The lowest BCUT2D eigenvalue weighted by Crippen LogP contribution is -2.21. The number of nitrogens with zero attached hydrogens (tertiary/aromatic N) is 5. The molecule has 3 rings (SSSR count). The van der Waals surface area contributed by atoms with Gasteiger partial charge in [0, 0.05) is 50.8 Å². The minimum atomic E-state index is 0.537. The van der Waals surface area contributed by atoms with Gasteiger partial charge in [-0.25, -0.2) is 4.98 Å². The number of aromatic nitrogens is 4. The number of imidazole rings is 1. The number of aryl methyl sites for hydroxylation is 2. The van der Waals surface area contributed by atoms with Crippen LogP contribution in [0.4, 0.5) is 0 Å². The third-order valence-electron chi connectivity index (χ3n) is 3.67. The van der Waals surface area contributed by atoms with Crippen LogP contribution in [-0.2, 0) is 13.6 Å². The highest BCUT2D eigenvalue weighted by Gasteiger charge is 2.27. The fraction of sp³-hybridized carbons (Fsp3) is 0.500. The van der Waals surface area contributed by atoms with Gasteiger partial charge in [-0.2, -0.15) is 0 Å². The van der Waals surface area contributed by atoms with Gasteiger partial charge in [-0.3, -0.25) is 14.9 Å². The van der Waals surface area contributed by atoms with Gasteiger partial charge in [0.25, 0.3) is 0 Å². The summed E-state index contributed by atoms with van der Waals surface area (Å²) < 4.78 is 2.16. The quantitative estimate of drug-likeness (QED) is 0.836. The smallest absolute Gasteiger partial charge is 0.113 e. The molecule has 0 spiro atoms. The van der Waals surface area contributed by atoms with Gasteiger partial charge in [0.1, 0.15) is 5.82 Å². The molecule has 0 radical (unpaired) electrons. The standard InChI is InChI=1S/C14H19N5/c1-11-8-18(2)14(17-11)12-3-6-19(9-12)10-13-7-15-4-5-16-13/h4-5,7-8,12H,3,6,9-10H2,1-2H3/t12-/m0/s1. The summed E-state index contributed by atoms with van der Waals surface area (Å²) in [6.45, 7) is 5.09. The zero-order valence-electron chi connectivity index (χ0n) is 11.5. The van der Waals surface area contributed by atoms with Gasteiger partial charge >= 0.3 is 0 Å².